The summed E-state index contributed by atoms with van der Waals surface area (Å²) in [5.74, 6) is -1.29. The number of fused-ring (bicyclic) bond motifs is 1. The first-order valence-corrected chi connectivity index (χ1v) is 10.4. The Morgan fingerprint density at radius 1 is 1.23 bits per heavy atom. The molecule has 1 fully saturated rings. The van der Waals surface area contributed by atoms with Crippen molar-refractivity contribution < 1.29 is 19.5 Å². The number of hydrogen-bond donors (Lipinski definition) is 3. The molecule has 1 saturated carbocycles. The van der Waals surface area contributed by atoms with Gasteiger partial charge in [0.15, 0.2) is 5.82 Å². The fraction of sp³-hybridized carbons (Fsp3) is 0.524. The van der Waals surface area contributed by atoms with Gasteiger partial charge < -0.3 is 20.3 Å². The zero-order valence-electron chi connectivity index (χ0n) is 17.3. The van der Waals surface area contributed by atoms with Crippen molar-refractivity contribution in [3.8, 4) is 0 Å². The van der Waals surface area contributed by atoms with Crippen LogP contribution in [0.1, 0.15) is 64.2 Å². The number of hydrogen-bond acceptors (Lipinski definition) is 5. The van der Waals surface area contributed by atoms with Crippen LogP contribution in [0.3, 0.4) is 0 Å². The van der Waals surface area contributed by atoms with Gasteiger partial charge >= 0.3 is 0 Å². The minimum atomic E-state index is -0.727. The summed E-state index contributed by atoms with van der Waals surface area (Å²) in [5.41, 5.74) is 1.30. The van der Waals surface area contributed by atoms with Gasteiger partial charge in [-0.3, -0.25) is 19.1 Å². The van der Waals surface area contributed by atoms with Crippen LogP contribution in [0.4, 0.5) is 5.82 Å². The zero-order valence-corrected chi connectivity index (χ0v) is 17.3. The van der Waals surface area contributed by atoms with E-state index in [0.29, 0.717) is 42.8 Å². The molecule has 2 aliphatic rings. The Kier molecular flexibility index (Phi) is 5.23. The average molecular weight is 413 g/mol. The number of amides is 2. The molecule has 1 aliphatic carbocycles. The van der Waals surface area contributed by atoms with Gasteiger partial charge in [-0.15, -0.1) is 0 Å². The molecule has 9 nitrogen and oxygen atoms in total. The smallest absolute Gasteiger partial charge is 0.294 e. The topological polar surface area (TPSA) is 118 Å². The van der Waals surface area contributed by atoms with Gasteiger partial charge in [0, 0.05) is 31.5 Å². The fourth-order valence-corrected chi connectivity index (χ4v) is 4.46. The number of ketones is 1. The summed E-state index contributed by atoms with van der Waals surface area (Å²) in [6, 6.07) is 1.70. The first kappa shape index (κ1) is 20.3. The van der Waals surface area contributed by atoms with Crippen molar-refractivity contribution in [3.05, 3.63) is 34.8 Å². The van der Waals surface area contributed by atoms with E-state index in [-0.39, 0.29) is 18.2 Å². The van der Waals surface area contributed by atoms with Crippen molar-refractivity contribution in [2.75, 3.05) is 11.9 Å². The lowest BCUT2D eigenvalue weighted by Crippen LogP contribution is -2.57. The number of carbonyl (C=O) groups excluding carboxylic acids is 3. The molecule has 0 spiro atoms. The third kappa shape index (κ3) is 3.43. The molecule has 3 N–H and O–H groups in total. The lowest BCUT2D eigenvalue weighted by atomic mass is 9.77. The first-order valence-electron chi connectivity index (χ1n) is 10.4. The predicted molar refractivity (Wildman–Crippen MR) is 109 cm³/mol. The second-order valence-electron chi connectivity index (χ2n) is 8.31. The summed E-state index contributed by atoms with van der Waals surface area (Å²) in [7, 11) is 1.76. The number of aliphatic hydroxyl groups excluding tert-OH is 1. The van der Waals surface area contributed by atoms with Gasteiger partial charge in [0.1, 0.15) is 0 Å². The largest absolute Gasteiger partial charge is 0.394 e. The van der Waals surface area contributed by atoms with Crippen molar-refractivity contribution in [1.82, 2.24) is 19.7 Å². The molecule has 2 amide bonds. The van der Waals surface area contributed by atoms with Crippen molar-refractivity contribution in [2.24, 2.45) is 7.05 Å². The lowest BCUT2D eigenvalue weighted by Gasteiger charge is -2.40. The van der Waals surface area contributed by atoms with E-state index in [1.807, 2.05) is 4.57 Å². The normalized spacial score (nSPS) is 17.0. The fourth-order valence-electron chi connectivity index (χ4n) is 4.46. The summed E-state index contributed by atoms with van der Waals surface area (Å²) in [5, 5.41) is 19.3. The van der Waals surface area contributed by atoms with E-state index < -0.39 is 17.2 Å². The summed E-state index contributed by atoms with van der Waals surface area (Å²) in [6.07, 6.45) is 6.42. The molecule has 4 rings (SSSR count). The third-order valence-electron chi connectivity index (χ3n) is 6.26. The van der Waals surface area contributed by atoms with Crippen LogP contribution in [-0.4, -0.2) is 49.2 Å². The number of Topliss-reactive ketones (excluding diaryl/α,β-unsaturated/α-hetero) is 1. The highest BCUT2D eigenvalue weighted by atomic mass is 16.3. The Hall–Kier alpha value is -2.94. The van der Waals surface area contributed by atoms with E-state index in [2.05, 4.69) is 15.7 Å². The number of nitrogens with one attached hydrogen (secondary N) is 2. The maximum Gasteiger partial charge on any atom is 0.294 e. The molecule has 30 heavy (non-hydrogen) atoms. The Balaban J connectivity index is 1.66. The van der Waals surface area contributed by atoms with Gasteiger partial charge in [0.2, 0.25) is 0 Å². The van der Waals surface area contributed by atoms with Crippen LogP contribution in [-0.2, 0) is 24.8 Å². The molecule has 0 bridgehead atoms. The molecule has 0 atom stereocenters. The molecule has 9 heteroatoms. The number of anilines is 1. The van der Waals surface area contributed by atoms with Gasteiger partial charge in [0.25, 0.3) is 17.6 Å². The number of aryl methyl sites for hydroxylation is 1. The highest BCUT2D eigenvalue weighted by Gasteiger charge is 2.40. The van der Waals surface area contributed by atoms with Crippen LogP contribution in [0.25, 0.3) is 0 Å². The van der Waals surface area contributed by atoms with E-state index in [0.717, 1.165) is 25.0 Å². The van der Waals surface area contributed by atoms with Gasteiger partial charge in [-0.1, -0.05) is 0 Å². The van der Waals surface area contributed by atoms with Crippen molar-refractivity contribution >= 4 is 23.4 Å². The number of nitrogens with zero attached hydrogens (tertiary/aromatic N) is 3. The molecule has 2 aromatic heterocycles. The van der Waals surface area contributed by atoms with Gasteiger partial charge in [-0.05, 0) is 51.0 Å². The lowest BCUT2D eigenvalue weighted by molar-refractivity contribution is -0.120. The van der Waals surface area contributed by atoms with Crippen LogP contribution in [0.2, 0.25) is 0 Å². The summed E-state index contributed by atoms with van der Waals surface area (Å²) < 4.78 is 3.41. The molecule has 0 unspecified atom stereocenters. The first-order chi connectivity index (χ1) is 14.3. The molecular weight excluding hydrogens is 386 g/mol. The molecule has 0 aromatic carbocycles. The second kappa shape index (κ2) is 7.71. The van der Waals surface area contributed by atoms with Crippen molar-refractivity contribution in [2.45, 2.75) is 57.5 Å². The summed E-state index contributed by atoms with van der Waals surface area (Å²) in [6.45, 7) is 2.12. The van der Waals surface area contributed by atoms with Crippen LogP contribution < -0.4 is 10.6 Å². The van der Waals surface area contributed by atoms with Crippen molar-refractivity contribution in [1.29, 1.82) is 0 Å². The second-order valence-corrected chi connectivity index (χ2v) is 8.31. The minimum Gasteiger partial charge on any atom is -0.394 e. The predicted octanol–water partition coefficient (Wildman–Crippen LogP) is 1.33. The van der Waals surface area contributed by atoms with Gasteiger partial charge in [-0.2, -0.15) is 5.10 Å². The Morgan fingerprint density at radius 3 is 2.60 bits per heavy atom. The van der Waals surface area contributed by atoms with Crippen molar-refractivity contribution in [3.63, 3.8) is 0 Å². The van der Waals surface area contributed by atoms with Gasteiger partial charge in [-0.25, -0.2) is 0 Å². The van der Waals surface area contributed by atoms with E-state index in [4.69, 9.17) is 0 Å². The monoisotopic (exact) mass is 413 g/mol. The zero-order chi connectivity index (χ0) is 21.5. The van der Waals surface area contributed by atoms with Gasteiger partial charge in [0.05, 0.1) is 23.4 Å². The van der Waals surface area contributed by atoms with Crippen LogP contribution in [0.15, 0.2) is 12.3 Å². The molecule has 0 radical (unpaired) electrons. The number of aromatic nitrogens is 3. The van der Waals surface area contributed by atoms with E-state index >= 15 is 0 Å². The Morgan fingerprint density at radius 2 is 2.00 bits per heavy atom. The third-order valence-corrected chi connectivity index (χ3v) is 6.26. The average Bonchev–Trinajstić information content (AvgIpc) is 3.23. The molecule has 2 aromatic rings. The van der Waals surface area contributed by atoms with E-state index in [1.165, 1.54) is 0 Å². The standard InChI is InChI=1S/C21H27N5O4/c1-13-16(19(29)22-15-7-11-25(2)24-15)14-6-3-4-10-26(14)17(13)18(28)20(30)23-21(12-27)8-5-9-21/h7,11,27H,3-6,8-10,12H2,1-2H3,(H,23,30)(H,22,24,29). The molecular formula is C21H27N5O4. The maximum atomic E-state index is 13.1. The van der Waals surface area contributed by atoms with Crippen LogP contribution in [0, 0.1) is 6.92 Å². The summed E-state index contributed by atoms with van der Waals surface area (Å²) in [4.78, 5) is 38.9. The highest BCUT2D eigenvalue weighted by molar-refractivity contribution is 6.43. The summed E-state index contributed by atoms with van der Waals surface area (Å²) >= 11 is 0. The number of carbonyl (C=O) groups is 3. The quantitative estimate of drug-likeness (QED) is 0.488. The highest BCUT2D eigenvalue weighted by Crippen LogP contribution is 2.32. The van der Waals surface area contributed by atoms with E-state index in [1.54, 1.807) is 30.9 Å². The van der Waals surface area contributed by atoms with Crippen LogP contribution in [0.5, 0.6) is 0 Å². The number of aliphatic hydroxyl groups is 1. The Bertz CT molecular complexity index is 1010. The minimum absolute atomic E-state index is 0.186. The molecule has 1 aliphatic heterocycles. The Labute approximate surface area is 174 Å². The molecule has 160 valence electrons. The van der Waals surface area contributed by atoms with E-state index in [9.17, 15) is 19.5 Å². The maximum absolute atomic E-state index is 13.1. The van der Waals surface area contributed by atoms with Crippen LogP contribution >= 0.6 is 0 Å². The number of rotatable bonds is 6. The molecule has 3 heterocycles. The SMILES string of the molecule is Cc1c(C(=O)Nc2ccn(C)n2)c2n(c1C(=O)C(=O)NC1(CO)CCC1)CCCC2. The molecule has 0 saturated heterocycles.